The molecule has 7 heteroatoms. The molecular weight excluding hydrogens is 240 g/mol. The maximum atomic E-state index is 11.7. The average Bonchev–Trinajstić information content (AvgIpc) is 2.33. The summed E-state index contributed by atoms with van der Waals surface area (Å²) >= 11 is 1.91. The van der Waals surface area contributed by atoms with E-state index in [0.717, 1.165) is 24.3 Å². The smallest absolute Gasteiger partial charge is 0.329 e. The normalized spacial score (nSPS) is 17.0. The van der Waals surface area contributed by atoms with Crippen molar-refractivity contribution < 1.29 is 0 Å². The Hall–Kier alpha value is -1.37. The number of hydrogen-bond acceptors (Lipinski definition) is 5. The molecule has 1 aliphatic rings. The first kappa shape index (κ1) is 12.1. The minimum Gasteiger partial charge on any atom is -0.383 e. The van der Waals surface area contributed by atoms with Crippen molar-refractivity contribution in [3.63, 3.8) is 0 Å². The highest BCUT2D eigenvalue weighted by molar-refractivity contribution is 7.99. The van der Waals surface area contributed by atoms with E-state index in [2.05, 4.69) is 10.3 Å². The predicted octanol–water partition coefficient (Wildman–Crippen LogP) is -0.0367. The molecular formula is C10H16N4O2S. The van der Waals surface area contributed by atoms with Crippen LogP contribution < -0.4 is 22.3 Å². The van der Waals surface area contributed by atoms with Gasteiger partial charge in [0.15, 0.2) is 0 Å². The second-order valence-electron chi connectivity index (χ2n) is 4.11. The molecule has 1 fully saturated rings. The molecule has 2 heterocycles. The van der Waals surface area contributed by atoms with Crippen LogP contribution in [0.4, 0.5) is 11.5 Å². The number of aromatic nitrogens is 2. The highest BCUT2D eigenvalue weighted by atomic mass is 32.2. The van der Waals surface area contributed by atoms with Crippen molar-refractivity contribution in [2.24, 2.45) is 7.05 Å². The first-order valence-electron chi connectivity index (χ1n) is 5.52. The van der Waals surface area contributed by atoms with E-state index in [-0.39, 0.29) is 11.9 Å². The maximum Gasteiger partial charge on any atom is 0.329 e. The fourth-order valence-corrected chi connectivity index (χ4v) is 2.93. The number of nitrogen functional groups attached to an aromatic ring is 1. The second-order valence-corrected chi connectivity index (χ2v) is 5.33. The molecule has 0 spiro atoms. The molecule has 1 saturated heterocycles. The molecule has 0 amide bonds. The molecule has 0 aromatic carbocycles. The van der Waals surface area contributed by atoms with Gasteiger partial charge < -0.3 is 11.1 Å². The Labute approximate surface area is 103 Å². The van der Waals surface area contributed by atoms with Gasteiger partial charge in [-0.2, -0.15) is 11.8 Å². The van der Waals surface area contributed by atoms with Crippen molar-refractivity contribution in [2.75, 3.05) is 22.6 Å². The zero-order chi connectivity index (χ0) is 12.4. The number of anilines is 2. The summed E-state index contributed by atoms with van der Waals surface area (Å²) in [5, 5.41) is 3.14. The third kappa shape index (κ3) is 2.49. The van der Waals surface area contributed by atoms with Crippen LogP contribution in [-0.2, 0) is 7.05 Å². The van der Waals surface area contributed by atoms with Gasteiger partial charge in [0.2, 0.25) is 0 Å². The van der Waals surface area contributed by atoms with E-state index in [9.17, 15) is 9.59 Å². The summed E-state index contributed by atoms with van der Waals surface area (Å²) in [4.78, 5) is 25.2. The van der Waals surface area contributed by atoms with Crippen LogP contribution in [0.5, 0.6) is 0 Å². The molecule has 0 unspecified atom stereocenters. The minimum absolute atomic E-state index is 0.192. The summed E-state index contributed by atoms with van der Waals surface area (Å²) in [5.41, 5.74) is 5.16. The lowest BCUT2D eigenvalue weighted by Crippen LogP contribution is -2.35. The van der Waals surface area contributed by atoms with Crippen LogP contribution >= 0.6 is 11.8 Å². The van der Waals surface area contributed by atoms with Crippen molar-refractivity contribution in [1.82, 2.24) is 9.55 Å². The number of rotatable bonds is 2. The van der Waals surface area contributed by atoms with Crippen LogP contribution in [0.2, 0.25) is 0 Å². The quantitative estimate of drug-likeness (QED) is 0.690. The molecule has 1 aliphatic heterocycles. The van der Waals surface area contributed by atoms with Crippen LogP contribution in [0.1, 0.15) is 12.8 Å². The van der Waals surface area contributed by atoms with Crippen LogP contribution in [0.15, 0.2) is 9.59 Å². The Morgan fingerprint density at radius 3 is 2.71 bits per heavy atom. The van der Waals surface area contributed by atoms with Gasteiger partial charge in [-0.05, 0) is 24.3 Å². The van der Waals surface area contributed by atoms with E-state index in [1.54, 1.807) is 0 Å². The minimum atomic E-state index is -0.489. The van der Waals surface area contributed by atoms with E-state index < -0.39 is 11.2 Å². The van der Waals surface area contributed by atoms with Gasteiger partial charge in [0.05, 0.1) is 0 Å². The lowest BCUT2D eigenvalue weighted by atomic mass is 10.1. The molecule has 1 aromatic heterocycles. The SMILES string of the molecule is Cn1c(N)c(NC2CCSCC2)c(=O)[nH]c1=O. The number of H-pyrrole nitrogens is 1. The topological polar surface area (TPSA) is 92.9 Å². The third-order valence-electron chi connectivity index (χ3n) is 2.94. The molecule has 0 saturated carbocycles. The van der Waals surface area contributed by atoms with Gasteiger partial charge in [0.1, 0.15) is 11.5 Å². The first-order chi connectivity index (χ1) is 8.09. The molecule has 0 atom stereocenters. The molecule has 17 heavy (non-hydrogen) atoms. The molecule has 0 bridgehead atoms. The lowest BCUT2D eigenvalue weighted by molar-refractivity contribution is 0.663. The monoisotopic (exact) mass is 256 g/mol. The molecule has 6 nitrogen and oxygen atoms in total. The maximum absolute atomic E-state index is 11.7. The second kappa shape index (κ2) is 4.87. The molecule has 1 aromatic rings. The summed E-state index contributed by atoms with van der Waals surface area (Å²) < 4.78 is 1.24. The van der Waals surface area contributed by atoms with Gasteiger partial charge in [-0.15, -0.1) is 0 Å². The van der Waals surface area contributed by atoms with Crippen LogP contribution in [0, 0.1) is 0 Å². The van der Waals surface area contributed by atoms with Crippen molar-refractivity contribution in [3.8, 4) is 0 Å². The molecule has 2 rings (SSSR count). The lowest BCUT2D eigenvalue weighted by Gasteiger charge is -2.24. The zero-order valence-electron chi connectivity index (χ0n) is 9.66. The van der Waals surface area contributed by atoms with E-state index >= 15 is 0 Å². The summed E-state index contributed by atoms with van der Waals surface area (Å²) in [6.07, 6.45) is 2.01. The number of nitrogens with two attached hydrogens (primary N) is 1. The van der Waals surface area contributed by atoms with E-state index in [4.69, 9.17) is 5.73 Å². The van der Waals surface area contributed by atoms with Crippen molar-refractivity contribution in [2.45, 2.75) is 18.9 Å². The molecule has 0 aliphatic carbocycles. The van der Waals surface area contributed by atoms with Gasteiger partial charge in [0.25, 0.3) is 5.56 Å². The van der Waals surface area contributed by atoms with Gasteiger partial charge in [-0.3, -0.25) is 14.3 Å². The van der Waals surface area contributed by atoms with Gasteiger partial charge in [-0.1, -0.05) is 0 Å². The fraction of sp³-hybridized carbons (Fsp3) is 0.600. The van der Waals surface area contributed by atoms with Crippen molar-refractivity contribution in [1.29, 1.82) is 0 Å². The number of thioether (sulfide) groups is 1. The van der Waals surface area contributed by atoms with Crippen LogP contribution in [-0.4, -0.2) is 27.1 Å². The summed E-state index contributed by atoms with van der Waals surface area (Å²) in [6, 6.07) is 0.261. The average molecular weight is 256 g/mol. The van der Waals surface area contributed by atoms with E-state index in [0.29, 0.717) is 5.69 Å². The summed E-state index contributed by atoms with van der Waals surface area (Å²) in [6.45, 7) is 0. The first-order valence-corrected chi connectivity index (χ1v) is 6.68. The van der Waals surface area contributed by atoms with Crippen molar-refractivity contribution in [3.05, 3.63) is 20.8 Å². The highest BCUT2D eigenvalue weighted by Gasteiger charge is 2.17. The fourth-order valence-electron chi connectivity index (χ4n) is 1.82. The molecule has 0 radical (unpaired) electrons. The largest absolute Gasteiger partial charge is 0.383 e. The third-order valence-corrected chi connectivity index (χ3v) is 3.99. The molecule has 94 valence electrons. The summed E-state index contributed by atoms with van der Waals surface area (Å²) in [5.74, 6) is 2.36. The number of aromatic amines is 1. The molecule has 4 N–H and O–H groups in total. The highest BCUT2D eigenvalue weighted by Crippen LogP contribution is 2.21. The number of nitrogens with one attached hydrogen (secondary N) is 2. The van der Waals surface area contributed by atoms with Crippen LogP contribution in [0.3, 0.4) is 0 Å². The van der Waals surface area contributed by atoms with Gasteiger partial charge in [0, 0.05) is 13.1 Å². The van der Waals surface area contributed by atoms with Crippen molar-refractivity contribution >= 4 is 23.3 Å². The Morgan fingerprint density at radius 1 is 1.41 bits per heavy atom. The Balaban J connectivity index is 2.29. The van der Waals surface area contributed by atoms with Crippen LogP contribution in [0.25, 0.3) is 0 Å². The Bertz CT molecular complexity index is 516. The zero-order valence-corrected chi connectivity index (χ0v) is 10.5. The van der Waals surface area contributed by atoms with Gasteiger partial charge in [-0.25, -0.2) is 4.79 Å². The predicted molar refractivity (Wildman–Crippen MR) is 70.7 cm³/mol. The van der Waals surface area contributed by atoms with E-state index in [1.807, 2.05) is 11.8 Å². The van der Waals surface area contributed by atoms with E-state index in [1.165, 1.54) is 11.6 Å². The standard InChI is InChI=1S/C10H16N4O2S/c1-14-8(11)7(9(15)13-10(14)16)12-6-2-4-17-5-3-6/h6,12H,2-5,11H2,1H3,(H,13,15,16). The number of hydrogen-bond donors (Lipinski definition) is 3. The Morgan fingerprint density at radius 2 is 2.06 bits per heavy atom. The Kier molecular flexibility index (Phi) is 3.46. The number of nitrogens with zero attached hydrogens (tertiary/aromatic N) is 1. The summed E-state index contributed by atoms with van der Waals surface area (Å²) in [7, 11) is 1.54. The van der Waals surface area contributed by atoms with Gasteiger partial charge >= 0.3 is 5.69 Å².